The Labute approximate surface area is 82.6 Å². The molecule has 0 saturated carbocycles. The molecule has 0 N–H and O–H groups in total. The molecule has 0 atom stereocenters. The summed E-state index contributed by atoms with van der Waals surface area (Å²) in [6, 6.07) is 0. The van der Waals surface area contributed by atoms with E-state index in [4.69, 9.17) is 0 Å². The summed E-state index contributed by atoms with van der Waals surface area (Å²) in [5, 5.41) is 0. The third-order valence-electron chi connectivity index (χ3n) is 0.354. The van der Waals surface area contributed by atoms with Crippen molar-refractivity contribution in [1.29, 1.82) is 0 Å². The van der Waals surface area contributed by atoms with Crippen molar-refractivity contribution in [2.45, 2.75) is 19.8 Å². The maximum Gasteiger partial charge on any atom is 1.00 e. The molecule has 0 bridgehead atoms. The Hall–Kier alpha value is 1.47. The smallest absolute Gasteiger partial charge is 0.343 e. The quantitative estimate of drug-likeness (QED) is 0.383. The molecule has 4 heteroatoms. The zero-order valence-corrected chi connectivity index (χ0v) is 7.80. The van der Waals surface area contributed by atoms with E-state index >= 15 is 0 Å². The average Bonchev–Trinajstić information content (AvgIpc) is 1.37. The van der Waals surface area contributed by atoms with E-state index in [1.807, 2.05) is 0 Å². The van der Waals surface area contributed by atoms with Gasteiger partial charge in [0, 0.05) is 0 Å². The molecule has 50 valence electrons. The van der Waals surface area contributed by atoms with Gasteiger partial charge < -0.3 is 6.92 Å². The van der Waals surface area contributed by atoms with Crippen LogP contribution in [0.3, 0.4) is 0 Å². The monoisotopic (exact) mass is 172 g/mol. The Morgan fingerprint density at radius 2 is 1.25 bits per heavy atom. The van der Waals surface area contributed by atoms with E-state index in [0.29, 0.717) is 0 Å². The van der Waals surface area contributed by atoms with Crippen molar-refractivity contribution in [3.63, 3.8) is 0 Å². The first-order valence-electron chi connectivity index (χ1n) is 1.71. The fraction of sp³-hybridized carbons (Fsp3) is 0.750. The van der Waals surface area contributed by atoms with Gasteiger partial charge in [0.05, 0.1) is 0 Å². The normalized spacial score (nSPS) is 3.75. The molecule has 0 radical (unpaired) electrons. The van der Waals surface area contributed by atoms with E-state index in [1.54, 1.807) is 0 Å². The minimum Gasteiger partial charge on any atom is -0.343 e. The summed E-state index contributed by atoms with van der Waals surface area (Å²) in [5.41, 5.74) is 0. The summed E-state index contributed by atoms with van der Waals surface area (Å²) < 4.78 is 0. The fourth-order valence-electron chi connectivity index (χ4n) is 0. The molecule has 0 aromatic rings. The largest absolute Gasteiger partial charge is 1.00 e. The van der Waals surface area contributed by atoms with Crippen LogP contribution in [-0.4, -0.2) is 0 Å². The molecule has 8 heavy (non-hydrogen) atoms. The van der Waals surface area contributed by atoms with Gasteiger partial charge in [-0.2, -0.15) is 6.42 Å². The fourth-order valence-corrected chi connectivity index (χ4v) is 0. The van der Waals surface area contributed by atoms with Gasteiger partial charge >= 0.3 is 18.9 Å². The number of hydrogen-bond donors (Lipinski definition) is 0. The van der Waals surface area contributed by atoms with E-state index in [9.17, 15) is 0 Å². The van der Waals surface area contributed by atoms with Crippen molar-refractivity contribution in [2.24, 2.45) is 0 Å². The molecule has 0 spiro atoms. The molecule has 0 aromatic carbocycles. The molecule has 0 saturated heterocycles. The predicted octanol–water partition coefficient (Wildman–Crippen LogP) is -0.110. The van der Waals surface area contributed by atoms with Crippen molar-refractivity contribution in [3.05, 3.63) is 6.92 Å². The molecule has 0 rings (SSSR count). The van der Waals surface area contributed by atoms with Gasteiger partial charge in [0.25, 0.3) is 0 Å². The molecule has 0 heterocycles. The summed E-state index contributed by atoms with van der Waals surface area (Å²) >= 11 is 0. The minimum absolute atomic E-state index is 0. The van der Waals surface area contributed by atoms with Crippen LogP contribution in [0.15, 0.2) is 0 Å². The van der Waals surface area contributed by atoms with Crippen molar-refractivity contribution in [1.82, 2.24) is 0 Å². The Balaban J connectivity index is -0.00000000750. The van der Waals surface area contributed by atoms with Gasteiger partial charge in [-0.15, -0.1) is 37.2 Å². The summed E-state index contributed by atoms with van der Waals surface area (Å²) in [7, 11) is 0. The number of hydrogen-bond acceptors (Lipinski definition) is 0. The third-order valence-corrected chi connectivity index (χ3v) is 0.354. The maximum absolute atomic E-state index is 3.60. The first-order valence-corrected chi connectivity index (χ1v) is 1.71. The first kappa shape index (κ1) is 34.0. The Morgan fingerprint density at radius 1 is 1.12 bits per heavy atom. The van der Waals surface area contributed by atoms with Crippen LogP contribution in [0.2, 0.25) is 0 Å². The SMILES string of the molecule is Cl.Cl.Cl.[CH2-]CCC.[Li+]. The van der Waals surface area contributed by atoms with Crippen LogP contribution in [0.5, 0.6) is 0 Å². The summed E-state index contributed by atoms with van der Waals surface area (Å²) in [6.45, 7) is 5.72. The predicted molar refractivity (Wildman–Crippen MR) is 42.0 cm³/mol. The van der Waals surface area contributed by atoms with Crippen LogP contribution >= 0.6 is 37.2 Å². The molecule has 0 unspecified atom stereocenters. The first-order chi connectivity index (χ1) is 1.91. The number of rotatable bonds is 1. The zero-order chi connectivity index (χ0) is 3.41. The van der Waals surface area contributed by atoms with Crippen LogP contribution < -0.4 is 18.9 Å². The molecule has 0 aliphatic rings. The molecule has 0 fully saturated rings. The van der Waals surface area contributed by atoms with Crippen molar-refractivity contribution in [2.75, 3.05) is 0 Å². The average molecular weight is 173 g/mol. The van der Waals surface area contributed by atoms with Gasteiger partial charge in [-0.3, -0.25) is 0 Å². The second-order valence-electron chi connectivity index (χ2n) is 0.854. The van der Waals surface area contributed by atoms with Crippen LogP contribution in [0.1, 0.15) is 19.8 Å². The Morgan fingerprint density at radius 3 is 1.25 bits per heavy atom. The zero-order valence-electron chi connectivity index (χ0n) is 5.35. The number of halogens is 3. The molecule has 0 aliphatic heterocycles. The van der Waals surface area contributed by atoms with Crippen LogP contribution in [0.4, 0.5) is 0 Å². The summed E-state index contributed by atoms with van der Waals surface area (Å²) in [4.78, 5) is 0. The van der Waals surface area contributed by atoms with E-state index in [0.717, 1.165) is 6.42 Å². The van der Waals surface area contributed by atoms with Gasteiger partial charge in [0.2, 0.25) is 0 Å². The topological polar surface area (TPSA) is 0 Å². The summed E-state index contributed by atoms with van der Waals surface area (Å²) in [6.07, 6.45) is 2.28. The molecule has 0 aliphatic carbocycles. The van der Waals surface area contributed by atoms with E-state index in [1.165, 1.54) is 6.42 Å². The van der Waals surface area contributed by atoms with Gasteiger partial charge in [0.15, 0.2) is 0 Å². The van der Waals surface area contributed by atoms with Crippen LogP contribution in [-0.2, 0) is 0 Å². The van der Waals surface area contributed by atoms with Crippen LogP contribution in [0.25, 0.3) is 0 Å². The maximum atomic E-state index is 3.60. The van der Waals surface area contributed by atoms with E-state index in [2.05, 4.69) is 13.8 Å². The third kappa shape index (κ3) is 51.3. The van der Waals surface area contributed by atoms with Crippen LogP contribution in [0, 0.1) is 6.92 Å². The second kappa shape index (κ2) is 39.3. The summed E-state index contributed by atoms with van der Waals surface area (Å²) in [5.74, 6) is 0. The van der Waals surface area contributed by atoms with Crippen molar-refractivity contribution < 1.29 is 18.9 Å². The van der Waals surface area contributed by atoms with Gasteiger partial charge in [-0.25, -0.2) is 0 Å². The molecule has 0 aromatic heterocycles. The molecule has 0 amide bonds. The minimum atomic E-state index is 0. The van der Waals surface area contributed by atoms with Gasteiger partial charge in [-0.05, 0) is 0 Å². The van der Waals surface area contributed by atoms with Crippen molar-refractivity contribution in [3.8, 4) is 0 Å². The Bertz CT molecular complexity index is 13.2. The van der Waals surface area contributed by atoms with Gasteiger partial charge in [-0.1, -0.05) is 13.3 Å². The van der Waals surface area contributed by atoms with Crippen molar-refractivity contribution >= 4 is 37.2 Å². The standard InChI is InChI=1S/C4H9.3ClH.Li/c1-3-4-2;;;;/h1,3-4H2,2H3;3*1H;/q-1;;;;+1. The number of unbranched alkanes of at least 4 members (excludes halogenated alkanes) is 1. The van der Waals surface area contributed by atoms with E-state index < -0.39 is 0 Å². The second-order valence-corrected chi connectivity index (χ2v) is 0.854. The Kier molecular flexibility index (Phi) is 167. The molecule has 0 nitrogen and oxygen atoms in total. The van der Waals surface area contributed by atoms with E-state index in [-0.39, 0.29) is 56.1 Å². The molecular weight excluding hydrogens is 161 g/mol. The van der Waals surface area contributed by atoms with Gasteiger partial charge in [0.1, 0.15) is 0 Å². The molecular formula is C4H12Cl3Li.